The Kier molecular flexibility index (Phi) is 4.81. The number of nitrogens with zero attached hydrogens (tertiary/aromatic N) is 2. The molecule has 0 aliphatic carbocycles. The van der Waals surface area contributed by atoms with Crippen molar-refractivity contribution in [3.05, 3.63) is 28.5 Å². The van der Waals surface area contributed by atoms with E-state index in [9.17, 15) is 0 Å². The Labute approximate surface area is 140 Å². The molecular weight excluding hydrogens is 370 g/mol. The molecule has 1 aromatic heterocycles. The molecule has 2 heterocycles. The van der Waals surface area contributed by atoms with Gasteiger partial charge in [0, 0.05) is 26.9 Å². The summed E-state index contributed by atoms with van der Waals surface area (Å²) in [6, 6.07) is 5.67. The molecule has 0 radical (unpaired) electrons. The Hall–Kier alpha value is -0.660. The molecule has 2 aromatic rings. The zero-order valence-electron chi connectivity index (χ0n) is 11.6. The lowest BCUT2D eigenvalue weighted by molar-refractivity contribution is 0.421. The molecule has 1 fully saturated rings. The first-order valence-corrected chi connectivity index (χ1v) is 9.70. The van der Waals surface area contributed by atoms with E-state index in [1.54, 1.807) is 0 Å². The molecule has 1 aliphatic rings. The maximum Gasteiger partial charge on any atom is 0.260 e. The Balaban J connectivity index is 1.89. The van der Waals surface area contributed by atoms with Crippen LogP contribution in [0.2, 0.25) is 0 Å². The van der Waals surface area contributed by atoms with Crippen LogP contribution in [0.15, 0.2) is 27.2 Å². The fourth-order valence-electron chi connectivity index (χ4n) is 2.33. The van der Waals surface area contributed by atoms with Crippen LogP contribution in [0, 0.1) is 0 Å². The van der Waals surface area contributed by atoms with E-state index in [0.717, 1.165) is 28.0 Å². The van der Waals surface area contributed by atoms with Crippen LogP contribution in [-0.4, -0.2) is 26.9 Å². The second-order valence-electron chi connectivity index (χ2n) is 4.80. The minimum Gasteiger partial charge on any atom is -0.398 e. The molecule has 1 aliphatic heterocycles. The quantitative estimate of drug-likeness (QED) is 0.790. The number of benzene rings is 1. The number of hydrogen-bond acceptors (Lipinski definition) is 6. The molecule has 0 spiro atoms. The highest BCUT2D eigenvalue weighted by Gasteiger charge is 2.30. The summed E-state index contributed by atoms with van der Waals surface area (Å²) in [4.78, 5) is 4.59. The minimum absolute atomic E-state index is 0.308. The van der Waals surface area contributed by atoms with E-state index in [1.807, 2.05) is 41.7 Å². The summed E-state index contributed by atoms with van der Waals surface area (Å²) in [5, 5.41) is 5.05. The number of hydrogen-bond donors (Lipinski definition) is 1. The summed E-state index contributed by atoms with van der Waals surface area (Å²) in [5.41, 5.74) is 7.45. The van der Waals surface area contributed by atoms with Gasteiger partial charge in [-0.05, 0) is 24.6 Å². The summed E-state index contributed by atoms with van der Waals surface area (Å²) in [5.74, 6) is 3.62. The number of rotatable bonds is 3. The van der Waals surface area contributed by atoms with E-state index in [-0.39, 0.29) is 0 Å². The number of nitrogen functional groups attached to an aromatic ring is 1. The van der Waals surface area contributed by atoms with Crippen molar-refractivity contribution in [1.82, 2.24) is 10.1 Å². The lowest BCUT2D eigenvalue weighted by Gasteiger charge is -2.27. The third-order valence-electron chi connectivity index (χ3n) is 3.39. The van der Waals surface area contributed by atoms with E-state index in [2.05, 4.69) is 33.0 Å². The van der Waals surface area contributed by atoms with Gasteiger partial charge >= 0.3 is 0 Å². The maximum absolute atomic E-state index is 6.03. The van der Waals surface area contributed by atoms with Gasteiger partial charge in [-0.2, -0.15) is 16.7 Å². The second kappa shape index (κ2) is 6.62. The van der Waals surface area contributed by atoms with Gasteiger partial charge in [0.25, 0.3) is 5.89 Å². The summed E-state index contributed by atoms with van der Waals surface area (Å²) in [6.45, 7) is 2.21. The minimum atomic E-state index is 0.308. The SMILES string of the molecule is CCC1SCCSC1c1noc(-c2ccc(Br)cc2N)n1. The summed E-state index contributed by atoms with van der Waals surface area (Å²) in [6.07, 6.45) is 1.12. The molecule has 2 atom stereocenters. The molecule has 112 valence electrons. The van der Waals surface area contributed by atoms with Gasteiger partial charge in [0.05, 0.1) is 10.8 Å². The van der Waals surface area contributed by atoms with Gasteiger partial charge in [-0.3, -0.25) is 0 Å². The van der Waals surface area contributed by atoms with E-state index in [1.165, 1.54) is 5.75 Å². The zero-order valence-corrected chi connectivity index (χ0v) is 14.8. The first kappa shape index (κ1) is 15.2. The van der Waals surface area contributed by atoms with Crippen molar-refractivity contribution >= 4 is 45.1 Å². The number of anilines is 1. The highest BCUT2D eigenvalue weighted by molar-refractivity contribution is 9.10. The molecule has 2 unspecified atom stereocenters. The third kappa shape index (κ3) is 3.24. The average Bonchev–Trinajstić information content (AvgIpc) is 2.96. The molecule has 21 heavy (non-hydrogen) atoms. The predicted octanol–water partition coefficient (Wildman–Crippen LogP) is 4.38. The van der Waals surface area contributed by atoms with Crippen molar-refractivity contribution in [2.24, 2.45) is 0 Å². The van der Waals surface area contributed by atoms with Crippen LogP contribution >= 0.6 is 39.5 Å². The number of halogens is 1. The van der Waals surface area contributed by atoms with Crippen LogP contribution in [0.4, 0.5) is 5.69 Å². The van der Waals surface area contributed by atoms with Gasteiger partial charge in [-0.25, -0.2) is 0 Å². The van der Waals surface area contributed by atoms with Crippen molar-refractivity contribution < 1.29 is 4.52 Å². The molecule has 0 amide bonds. The first-order valence-electron chi connectivity index (χ1n) is 6.81. The molecule has 1 aromatic carbocycles. The lowest BCUT2D eigenvalue weighted by atomic mass is 10.2. The standard InChI is InChI=1S/C14H16BrN3OS2/c1-2-11-12(21-6-5-20-11)13-17-14(19-18-13)9-4-3-8(15)7-10(9)16/h3-4,7,11-12H,2,5-6,16H2,1H3. The molecule has 4 nitrogen and oxygen atoms in total. The summed E-state index contributed by atoms with van der Waals surface area (Å²) >= 11 is 7.32. The van der Waals surface area contributed by atoms with Crippen LogP contribution in [0.5, 0.6) is 0 Å². The van der Waals surface area contributed by atoms with Crippen molar-refractivity contribution in [2.75, 3.05) is 17.2 Å². The van der Waals surface area contributed by atoms with Gasteiger partial charge in [0.15, 0.2) is 5.82 Å². The summed E-state index contributed by atoms with van der Waals surface area (Å²) < 4.78 is 6.38. The fourth-order valence-corrected chi connectivity index (χ4v) is 5.69. The smallest absolute Gasteiger partial charge is 0.260 e. The average molecular weight is 386 g/mol. The molecule has 2 N–H and O–H groups in total. The highest BCUT2D eigenvalue weighted by atomic mass is 79.9. The Morgan fingerprint density at radius 1 is 1.38 bits per heavy atom. The van der Waals surface area contributed by atoms with Crippen LogP contribution in [0.1, 0.15) is 24.4 Å². The second-order valence-corrected chi connectivity index (χ2v) is 8.31. The normalized spacial score (nSPS) is 22.4. The van der Waals surface area contributed by atoms with E-state index in [0.29, 0.717) is 22.1 Å². The molecule has 3 rings (SSSR count). The number of thioether (sulfide) groups is 2. The molecule has 1 saturated heterocycles. The van der Waals surface area contributed by atoms with Crippen LogP contribution < -0.4 is 5.73 Å². The Morgan fingerprint density at radius 2 is 2.19 bits per heavy atom. The van der Waals surface area contributed by atoms with Crippen LogP contribution in [0.3, 0.4) is 0 Å². The molecule has 0 bridgehead atoms. The summed E-state index contributed by atoms with van der Waals surface area (Å²) in [7, 11) is 0. The molecule has 7 heteroatoms. The Bertz CT molecular complexity index is 634. The number of aromatic nitrogens is 2. The first-order chi connectivity index (χ1) is 10.2. The van der Waals surface area contributed by atoms with Crippen molar-refractivity contribution in [3.8, 4) is 11.5 Å². The van der Waals surface area contributed by atoms with E-state index in [4.69, 9.17) is 10.3 Å². The number of nitrogens with two attached hydrogens (primary N) is 1. The largest absolute Gasteiger partial charge is 0.398 e. The van der Waals surface area contributed by atoms with Crippen molar-refractivity contribution in [1.29, 1.82) is 0 Å². The zero-order chi connectivity index (χ0) is 14.8. The predicted molar refractivity (Wildman–Crippen MR) is 93.6 cm³/mol. The van der Waals surface area contributed by atoms with Crippen molar-refractivity contribution in [3.63, 3.8) is 0 Å². The topological polar surface area (TPSA) is 64.9 Å². The lowest BCUT2D eigenvalue weighted by Crippen LogP contribution is -2.19. The van der Waals surface area contributed by atoms with E-state index >= 15 is 0 Å². The maximum atomic E-state index is 6.03. The van der Waals surface area contributed by atoms with Gasteiger partial charge in [0.1, 0.15) is 0 Å². The molecular formula is C14H16BrN3OS2. The Morgan fingerprint density at radius 3 is 2.95 bits per heavy atom. The van der Waals surface area contributed by atoms with Crippen LogP contribution in [-0.2, 0) is 0 Å². The van der Waals surface area contributed by atoms with Crippen LogP contribution in [0.25, 0.3) is 11.5 Å². The van der Waals surface area contributed by atoms with Crippen molar-refractivity contribution in [2.45, 2.75) is 23.8 Å². The monoisotopic (exact) mass is 385 g/mol. The third-order valence-corrected chi connectivity index (χ3v) is 7.13. The highest BCUT2D eigenvalue weighted by Crippen LogP contribution is 2.43. The fraction of sp³-hybridized carbons (Fsp3) is 0.429. The van der Waals surface area contributed by atoms with Gasteiger partial charge in [-0.15, -0.1) is 11.8 Å². The van der Waals surface area contributed by atoms with Gasteiger partial charge in [0.2, 0.25) is 0 Å². The molecule has 0 saturated carbocycles. The van der Waals surface area contributed by atoms with Gasteiger partial charge < -0.3 is 10.3 Å². The van der Waals surface area contributed by atoms with Gasteiger partial charge in [-0.1, -0.05) is 28.0 Å². The van der Waals surface area contributed by atoms with E-state index < -0.39 is 0 Å².